The number of hydrogen-bond acceptors (Lipinski definition) is 10. The number of anilines is 1. The van der Waals surface area contributed by atoms with Crippen molar-refractivity contribution >= 4 is 23.4 Å². The molecule has 2 aromatic rings. The molecule has 1 saturated heterocycles. The Balaban J connectivity index is 1.71. The van der Waals surface area contributed by atoms with Crippen molar-refractivity contribution in [1.82, 2.24) is 15.7 Å². The number of para-hydroxylation sites is 1. The summed E-state index contributed by atoms with van der Waals surface area (Å²) in [5.74, 6) is -0.732. The zero-order chi connectivity index (χ0) is 39.4. The van der Waals surface area contributed by atoms with Crippen LogP contribution < -0.4 is 26.0 Å². The van der Waals surface area contributed by atoms with Gasteiger partial charge >= 0.3 is 0 Å². The summed E-state index contributed by atoms with van der Waals surface area (Å²) in [6, 6.07) is 8.42. The number of nitrogens with one attached hydrogen (secondary N) is 2. The van der Waals surface area contributed by atoms with Crippen LogP contribution in [0.5, 0.6) is 5.75 Å². The summed E-state index contributed by atoms with van der Waals surface area (Å²) >= 11 is 0. The Morgan fingerprint density at radius 1 is 1.15 bits per heavy atom. The van der Waals surface area contributed by atoms with Crippen LogP contribution in [-0.4, -0.2) is 86.0 Å². The van der Waals surface area contributed by atoms with Gasteiger partial charge in [0.2, 0.25) is 11.8 Å². The monoisotopic (exact) mass is 736 g/mol. The Bertz CT molecular complexity index is 1630. The minimum absolute atomic E-state index is 0.0578. The van der Waals surface area contributed by atoms with Gasteiger partial charge in [-0.2, -0.15) is 9.97 Å². The fourth-order valence-corrected chi connectivity index (χ4v) is 7.98. The van der Waals surface area contributed by atoms with Gasteiger partial charge in [0, 0.05) is 48.4 Å². The molecule has 0 bridgehead atoms. The Hall–Kier alpha value is -4.07. The molecule has 1 saturated carbocycles. The standard InChI is InChI=1S/C40H60N6O7/c1-22(2)14-32(37(41)48)43-38(49)28-16-27(17-29(18-28)45(8)9)30-13-11-12-26(36(30)52-10)20-46-35(34(25(5)44-51)33(21-47)53-46)39(50)42-31-15-24(4)40(6,7)19-23(31)3/h11-13,16-18,22-25,31-35,47H,14-15,19-21H2,1-10H3,(H2,41,48)(H,42,50)(H,43,49)/t23-,24+,25-,31-,32?,33-,34+,35-/m0/s1. The third-order valence-corrected chi connectivity index (χ3v) is 11.3. The lowest BCUT2D eigenvalue weighted by Crippen LogP contribution is -2.54. The molecule has 292 valence electrons. The van der Waals surface area contributed by atoms with Crippen LogP contribution in [0.2, 0.25) is 0 Å². The summed E-state index contributed by atoms with van der Waals surface area (Å²) in [4.78, 5) is 60.1. The molecule has 1 unspecified atom stereocenters. The molecule has 5 N–H and O–H groups in total. The molecule has 13 heteroatoms. The van der Waals surface area contributed by atoms with E-state index in [1.807, 2.05) is 57.1 Å². The van der Waals surface area contributed by atoms with Gasteiger partial charge in [0.1, 0.15) is 23.9 Å². The number of primary amides is 1. The molecule has 0 radical (unpaired) electrons. The highest BCUT2D eigenvalue weighted by atomic mass is 16.7. The van der Waals surface area contributed by atoms with Crippen molar-refractivity contribution in [3.63, 3.8) is 0 Å². The number of aliphatic hydroxyl groups excluding tert-OH is 1. The maximum atomic E-state index is 14.3. The SMILES string of the molecule is COc1c(CN2O[C@@H](CO)[C@@H]([C@H](C)N=O)[C@H]2C(=O)N[C@H]2C[C@@H](C)C(C)(C)C[C@@H]2C)cccc1-c1cc(C(=O)NC(CC(C)C)C(N)=O)cc(N(C)C)c1. The molecule has 4 rings (SSSR count). The highest BCUT2D eigenvalue weighted by Crippen LogP contribution is 2.44. The van der Waals surface area contributed by atoms with Crippen LogP contribution in [0, 0.1) is 34.0 Å². The van der Waals surface area contributed by atoms with Gasteiger partial charge in [-0.25, -0.2) is 0 Å². The number of amides is 3. The Labute approximate surface area is 314 Å². The molecule has 0 spiro atoms. The fourth-order valence-electron chi connectivity index (χ4n) is 7.98. The normalized spacial score (nSPS) is 25.4. The van der Waals surface area contributed by atoms with Crippen LogP contribution in [0.3, 0.4) is 0 Å². The predicted octanol–water partition coefficient (Wildman–Crippen LogP) is 4.88. The molecule has 0 aromatic heterocycles. The van der Waals surface area contributed by atoms with Crippen LogP contribution in [0.4, 0.5) is 5.69 Å². The summed E-state index contributed by atoms with van der Waals surface area (Å²) in [5.41, 5.74) is 8.92. The van der Waals surface area contributed by atoms with Crippen molar-refractivity contribution < 1.29 is 29.1 Å². The van der Waals surface area contributed by atoms with Crippen LogP contribution in [0.25, 0.3) is 11.1 Å². The van der Waals surface area contributed by atoms with E-state index in [1.54, 1.807) is 31.2 Å². The minimum Gasteiger partial charge on any atom is -0.496 e. The minimum atomic E-state index is -0.915. The van der Waals surface area contributed by atoms with E-state index in [-0.39, 0.29) is 35.7 Å². The fraction of sp³-hybridized carbons (Fsp3) is 0.625. The molecule has 8 atom stereocenters. The smallest absolute Gasteiger partial charge is 0.252 e. The second-order valence-corrected chi connectivity index (χ2v) is 16.4. The molecule has 2 aliphatic rings. The lowest BCUT2D eigenvalue weighted by atomic mass is 9.64. The van der Waals surface area contributed by atoms with Crippen LogP contribution in [-0.2, 0) is 21.0 Å². The molecular formula is C40H60N6O7. The van der Waals surface area contributed by atoms with Crippen LogP contribution >= 0.6 is 0 Å². The first-order valence-electron chi connectivity index (χ1n) is 18.7. The Morgan fingerprint density at radius 3 is 2.43 bits per heavy atom. The van der Waals surface area contributed by atoms with Crippen molar-refractivity contribution in [3.8, 4) is 16.9 Å². The topological polar surface area (TPSA) is 176 Å². The van der Waals surface area contributed by atoms with Gasteiger partial charge in [-0.1, -0.05) is 64.9 Å². The van der Waals surface area contributed by atoms with E-state index in [4.69, 9.17) is 15.3 Å². The van der Waals surface area contributed by atoms with E-state index < -0.39 is 48.6 Å². The van der Waals surface area contributed by atoms with E-state index >= 15 is 0 Å². The summed E-state index contributed by atoms with van der Waals surface area (Å²) in [5, 5.41) is 21.3. The lowest BCUT2D eigenvalue weighted by molar-refractivity contribution is -0.182. The molecule has 1 aliphatic heterocycles. The summed E-state index contributed by atoms with van der Waals surface area (Å²) in [6.07, 6.45) is 1.37. The maximum Gasteiger partial charge on any atom is 0.252 e. The number of aliphatic hydroxyl groups is 1. The average molecular weight is 737 g/mol. The summed E-state index contributed by atoms with van der Waals surface area (Å²) < 4.78 is 6.02. The number of carbonyl (C=O) groups is 3. The van der Waals surface area contributed by atoms with Gasteiger partial charge in [0.05, 0.1) is 26.3 Å². The number of carbonyl (C=O) groups excluding carboxylic acids is 3. The summed E-state index contributed by atoms with van der Waals surface area (Å²) in [7, 11) is 5.29. The summed E-state index contributed by atoms with van der Waals surface area (Å²) in [6.45, 7) is 14.1. The van der Waals surface area contributed by atoms with Crippen LogP contribution in [0.1, 0.15) is 83.7 Å². The molecule has 1 heterocycles. The molecule has 3 amide bonds. The third kappa shape index (κ3) is 9.54. The Kier molecular flexibility index (Phi) is 13.7. The molecular weight excluding hydrogens is 676 g/mol. The first-order chi connectivity index (χ1) is 24.9. The van der Waals surface area contributed by atoms with Crippen molar-refractivity contribution in [2.24, 2.45) is 40.0 Å². The van der Waals surface area contributed by atoms with Crippen molar-refractivity contribution in [2.75, 3.05) is 32.7 Å². The van der Waals surface area contributed by atoms with Gasteiger partial charge in [0.15, 0.2) is 0 Å². The van der Waals surface area contributed by atoms with Gasteiger partial charge < -0.3 is 31.1 Å². The van der Waals surface area contributed by atoms with Gasteiger partial charge in [-0.05, 0) is 73.1 Å². The zero-order valence-electron chi connectivity index (χ0n) is 33.0. The lowest BCUT2D eigenvalue weighted by Gasteiger charge is -2.45. The van der Waals surface area contributed by atoms with Gasteiger partial charge in [-0.15, -0.1) is 0 Å². The van der Waals surface area contributed by atoms with Gasteiger partial charge in [-0.3, -0.25) is 19.2 Å². The number of hydrogen-bond donors (Lipinski definition) is 4. The number of benzene rings is 2. The largest absolute Gasteiger partial charge is 0.496 e. The number of nitrogens with two attached hydrogens (primary N) is 1. The van der Waals surface area contributed by atoms with E-state index in [0.717, 1.165) is 18.5 Å². The predicted molar refractivity (Wildman–Crippen MR) is 206 cm³/mol. The first-order valence-corrected chi connectivity index (χ1v) is 18.7. The van der Waals surface area contributed by atoms with E-state index in [2.05, 4.69) is 43.5 Å². The zero-order valence-corrected chi connectivity index (χ0v) is 33.0. The quantitative estimate of drug-likeness (QED) is 0.186. The molecule has 13 nitrogen and oxygen atoms in total. The van der Waals surface area contributed by atoms with Crippen molar-refractivity contribution in [1.29, 1.82) is 0 Å². The number of nitroso groups, excluding NO2 is 1. The number of hydroxylamine groups is 2. The molecule has 2 fully saturated rings. The molecule has 1 aliphatic carbocycles. The van der Waals surface area contributed by atoms with Crippen molar-refractivity contribution in [2.45, 2.75) is 105 Å². The Morgan fingerprint density at radius 2 is 1.85 bits per heavy atom. The van der Waals surface area contributed by atoms with Crippen LogP contribution in [0.15, 0.2) is 41.6 Å². The van der Waals surface area contributed by atoms with Crippen molar-refractivity contribution in [3.05, 3.63) is 52.4 Å². The first kappa shape index (κ1) is 41.7. The van der Waals surface area contributed by atoms with E-state index in [1.165, 1.54) is 0 Å². The highest BCUT2D eigenvalue weighted by molar-refractivity contribution is 5.99. The molecule has 2 aromatic carbocycles. The van der Waals surface area contributed by atoms with E-state index in [9.17, 15) is 24.4 Å². The highest BCUT2D eigenvalue weighted by Gasteiger charge is 2.51. The number of ether oxygens (including phenoxy) is 1. The molecule has 53 heavy (non-hydrogen) atoms. The second kappa shape index (κ2) is 17.4. The third-order valence-electron chi connectivity index (χ3n) is 11.3. The maximum absolute atomic E-state index is 14.3. The second-order valence-electron chi connectivity index (χ2n) is 16.4. The number of methoxy groups -OCH3 is 1. The number of nitrogens with zero attached hydrogens (tertiary/aromatic N) is 3. The average Bonchev–Trinajstić information content (AvgIpc) is 3.47. The van der Waals surface area contributed by atoms with E-state index in [0.29, 0.717) is 40.3 Å². The number of rotatable bonds is 15. The van der Waals surface area contributed by atoms with Gasteiger partial charge in [0.25, 0.3) is 5.91 Å².